The van der Waals surface area contributed by atoms with Gasteiger partial charge in [0.2, 0.25) is 0 Å². The molecule has 24 heavy (non-hydrogen) atoms. The van der Waals surface area contributed by atoms with Gasteiger partial charge in [0, 0.05) is 11.1 Å². The van der Waals surface area contributed by atoms with Crippen LogP contribution in [0.5, 0.6) is 0 Å². The number of imidazole rings is 1. The predicted molar refractivity (Wildman–Crippen MR) is 99.0 cm³/mol. The Bertz CT molecular complexity index is 1010. The van der Waals surface area contributed by atoms with Crippen molar-refractivity contribution in [3.63, 3.8) is 0 Å². The molecular weight excluding hydrogens is 319 g/mol. The minimum Gasteiger partial charge on any atom is -0.333 e. The first-order valence-electron chi connectivity index (χ1n) is 7.88. The van der Waals surface area contributed by atoms with E-state index >= 15 is 0 Å². The van der Waals surface area contributed by atoms with Gasteiger partial charge in [-0.1, -0.05) is 42.1 Å². The van der Waals surface area contributed by atoms with Crippen LogP contribution < -0.4 is 0 Å². The number of thioether (sulfide) groups is 1. The molecule has 0 bridgehead atoms. The van der Waals surface area contributed by atoms with Crippen LogP contribution in [0.1, 0.15) is 16.7 Å². The standard InChI is InChI=1S/C20H17FN2S/c1-12-9-18-19(10-13(12)2)23-20(22-18)24-11-14-7-8-17(21)16-6-4-3-5-15(14)16/h3-10H,11H2,1-2H3,(H,22,23). The van der Waals surface area contributed by atoms with Crippen molar-refractivity contribution in [3.05, 3.63) is 71.0 Å². The smallest absolute Gasteiger partial charge is 0.166 e. The molecule has 0 fully saturated rings. The number of nitrogens with zero attached hydrogens (tertiary/aromatic N) is 1. The van der Waals surface area contributed by atoms with Gasteiger partial charge in [-0.25, -0.2) is 9.37 Å². The Morgan fingerprint density at radius 1 is 1.00 bits per heavy atom. The monoisotopic (exact) mass is 336 g/mol. The van der Waals surface area contributed by atoms with Crippen LogP contribution in [0.25, 0.3) is 21.8 Å². The summed E-state index contributed by atoms with van der Waals surface area (Å²) in [7, 11) is 0. The molecule has 0 saturated carbocycles. The molecule has 2 nitrogen and oxygen atoms in total. The van der Waals surface area contributed by atoms with Crippen molar-refractivity contribution in [1.82, 2.24) is 9.97 Å². The first-order chi connectivity index (χ1) is 11.6. The fourth-order valence-corrected chi connectivity index (χ4v) is 3.80. The van der Waals surface area contributed by atoms with Gasteiger partial charge in [0.1, 0.15) is 5.82 Å². The third-order valence-corrected chi connectivity index (χ3v) is 5.32. The molecule has 0 amide bonds. The van der Waals surface area contributed by atoms with Gasteiger partial charge in [0.05, 0.1) is 11.0 Å². The Kier molecular flexibility index (Phi) is 3.77. The molecule has 4 aromatic rings. The van der Waals surface area contributed by atoms with Crippen LogP contribution in [0.3, 0.4) is 0 Å². The van der Waals surface area contributed by atoms with Gasteiger partial charge in [-0.15, -0.1) is 0 Å². The predicted octanol–water partition coefficient (Wildman–Crippen LogP) is 5.76. The zero-order chi connectivity index (χ0) is 16.7. The highest BCUT2D eigenvalue weighted by Gasteiger charge is 2.09. The fraction of sp³-hybridized carbons (Fsp3) is 0.150. The summed E-state index contributed by atoms with van der Waals surface area (Å²) in [5, 5.41) is 2.53. The lowest BCUT2D eigenvalue weighted by molar-refractivity contribution is 0.639. The molecule has 0 atom stereocenters. The molecule has 0 saturated heterocycles. The molecule has 1 N–H and O–H groups in total. The molecule has 0 radical (unpaired) electrons. The molecule has 0 spiro atoms. The fourth-order valence-electron chi connectivity index (χ4n) is 2.91. The summed E-state index contributed by atoms with van der Waals surface area (Å²) < 4.78 is 13.9. The number of aryl methyl sites for hydroxylation is 2. The zero-order valence-corrected chi connectivity index (χ0v) is 14.4. The second-order valence-corrected chi connectivity index (χ2v) is 7.00. The number of aromatic nitrogens is 2. The third kappa shape index (κ3) is 2.67. The topological polar surface area (TPSA) is 28.7 Å². The third-order valence-electron chi connectivity index (χ3n) is 4.40. The summed E-state index contributed by atoms with van der Waals surface area (Å²) in [6.07, 6.45) is 0. The molecule has 4 heteroatoms. The van der Waals surface area contributed by atoms with Gasteiger partial charge in [0.25, 0.3) is 0 Å². The molecule has 0 unspecified atom stereocenters. The van der Waals surface area contributed by atoms with E-state index in [-0.39, 0.29) is 5.82 Å². The van der Waals surface area contributed by atoms with Gasteiger partial charge in [-0.2, -0.15) is 0 Å². The molecule has 4 rings (SSSR count). The lowest BCUT2D eigenvalue weighted by atomic mass is 10.1. The maximum atomic E-state index is 13.9. The first kappa shape index (κ1) is 15.2. The van der Waals surface area contributed by atoms with Crippen LogP contribution in [0.4, 0.5) is 4.39 Å². The van der Waals surface area contributed by atoms with Crippen molar-refractivity contribution >= 4 is 33.6 Å². The van der Waals surface area contributed by atoms with E-state index in [9.17, 15) is 4.39 Å². The maximum Gasteiger partial charge on any atom is 0.166 e. The summed E-state index contributed by atoms with van der Waals surface area (Å²) in [4.78, 5) is 8.03. The minimum atomic E-state index is -0.172. The molecule has 0 aliphatic carbocycles. The van der Waals surface area contributed by atoms with E-state index < -0.39 is 0 Å². The average Bonchev–Trinajstić information content (AvgIpc) is 2.96. The quantitative estimate of drug-likeness (QED) is 0.482. The summed E-state index contributed by atoms with van der Waals surface area (Å²) in [5.74, 6) is 0.576. The Hall–Kier alpha value is -2.33. The Balaban J connectivity index is 1.65. The van der Waals surface area contributed by atoms with Crippen molar-refractivity contribution in [2.75, 3.05) is 0 Å². The van der Waals surface area contributed by atoms with Crippen LogP contribution in [0.2, 0.25) is 0 Å². The van der Waals surface area contributed by atoms with E-state index in [0.717, 1.165) is 32.9 Å². The number of aromatic amines is 1. The lowest BCUT2D eigenvalue weighted by Gasteiger charge is -2.06. The van der Waals surface area contributed by atoms with Crippen molar-refractivity contribution in [2.45, 2.75) is 24.8 Å². The zero-order valence-electron chi connectivity index (χ0n) is 13.6. The van der Waals surface area contributed by atoms with Gasteiger partial charge in [-0.3, -0.25) is 0 Å². The van der Waals surface area contributed by atoms with E-state index in [1.165, 1.54) is 11.1 Å². The van der Waals surface area contributed by atoms with E-state index in [4.69, 9.17) is 0 Å². The average molecular weight is 336 g/mol. The number of hydrogen-bond acceptors (Lipinski definition) is 2. The van der Waals surface area contributed by atoms with E-state index in [1.807, 2.05) is 30.3 Å². The Morgan fingerprint density at radius 3 is 2.58 bits per heavy atom. The van der Waals surface area contributed by atoms with E-state index in [2.05, 4.69) is 35.9 Å². The van der Waals surface area contributed by atoms with Crippen molar-refractivity contribution < 1.29 is 4.39 Å². The normalized spacial score (nSPS) is 11.5. The highest BCUT2D eigenvalue weighted by atomic mass is 32.2. The van der Waals surface area contributed by atoms with Crippen molar-refractivity contribution in [3.8, 4) is 0 Å². The van der Waals surface area contributed by atoms with Crippen LogP contribution >= 0.6 is 11.8 Å². The highest BCUT2D eigenvalue weighted by Crippen LogP contribution is 2.29. The number of hydrogen-bond donors (Lipinski definition) is 1. The van der Waals surface area contributed by atoms with Crippen LogP contribution in [0, 0.1) is 19.7 Å². The number of rotatable bonds is 3. The van der Waals surface area contributed by atoms with Gasteiger partial charge in [-0.05, 0) is 54.1 Å². The van der Waals surface area contributed by atoms with Crippen molar-refractivity contribution in [2.24, 2.45) is 0 Å². The molecule has 0 aliphatic heterocycles. The number of benzene rings is 3. The van der Waals surface area contributed by atoms with E-state index in [0.29, 0.717) is 5.39 Å². The molecule has 1 aromatic heterocycles. The van der Waals surface area contributed by atoms with Crippen LogP contribution in [-0.2, 0) is 5.75 Å². The SMILES string of the molecule is Cc1cc2nc(SCc3ccc(F)c4ccccc34)[nH]c2cc1C. The summed E-state index contributed by atoms with van der Waals surface area (Å²) in [6, 6.07) is 15.3. The number of fused-ring (bicyclic) bond motifs is 2. The van der Waals surface area contributed by atoms with Gasteiger partial charge >= 0.3 is 0 Å². The molecular formula is C20H17FN2S. The Morgan fingerprint density at radius 2 is 1.75 bits per heavy atom. The second-order valence-electron chi connectivity index (χ2n) is 6.04. The van der Waals surface area contributed by atoms with E-state index in [1.54, 1.807) is 17.8 Å². The number of H-pyrrole nitrogens is 1. The molecule has 120 valence electrons. The summed E-state index contributed by atoms with van der Waals surface area (Å²) in [5.41, 5.74) is 5.67. The molecule has 1 heterocycles. The molecule has 0 aliphatic rings. The van der Waals surface area contributed by atoms with Gasteiger partial charge in [0.15, 0.2) is 5.16 Å². The first-order valence-corrected chi connectivity index (χ1v) is 8.86. The van der Waals surface area contributed by atoms with Crippen LogP contribution in [-0.4, -0.2) is 9.97 Å². The number of nitrogens with one attached hydrogen (secondary N) is 1. The second kappa shape index (κ2) is 5.95. The van der Waals surface area contributed by atoms with Gasteiger partial charge < -0.3 is 4.98 Å². The minimum absolute atomic E-state index is 0.172. The van der Waals surface area contributed by atoms with Crippen LogP contribution in [0.15, 0.2) is 53.7 Å². The molecule has 3 aromatic carbocycles. The Labute approximate surface area is 144 Å². The number of halogens is 1. The summed E-state index contributed by atoms with van der Waals surface area (Å²) in [6.45, 7) is 4.20. The van der Waals surface area contributed by atoms with Crippen molar-refractivity contribution in [1.29, 1.82) is 0 Å². The maximum absolute atomic E-state index is 13.9. The lowest BCUT2D eigenvalue weighted by Crippen LogP contribution is -1.88. The summed E-state index contributed by atoms with van der Waals surface area (Å²) >= 11 is 1.64. The highest BCUT2D eigenvalue weighted by molar-refractivity contribution is 7.98. The largest absolute Gasteiger partial charge is 0.333 e.